The van der Waals surface area contributed by atoms with Gasteiger partial charge in [-0.05, 0) is 32.7 Å². The normalized spacial score (nSPS) is 20.6. The first kappa shape index (κ1) is 16.4. The number of ether oxygens (including phenoxy) is 1. The summed E-state index contributed by atoms with van der Waals surface area (Å²) in [7, 11) is 3.43. The Labute approximate surface area is 116 Å². The number of carbonyl (C=O) groups excluding carboxylic acids is 1. The molecule has 1 fully saturated rings. The minimum absolute atomic E-state index is 0.166. The molecule has 0 aliphatic carbocycles. The lowest BCUT2D eigenvalue weighted by molar-refractivity contribution is -0.137. The van der Waals surface area contributed by atoms with Gasteiger partial charge in [0, 0.05) is 26.7 Å². The van der Waals surface area contributed by atoms with Crippen molar-refractivity contribution in [1.82, 2.24) is 9.80 Å². The molecule has 1 amide bonds. The molecule has 2 atom stereocenters. The Bertz CT molecular complexity index is 278. The first-order valence-corrected chi connectivity index (χ1v) is 7.11. The lowest BCUT2D eigenvalue weighted by atomic mass is 9.99. The molecule has 0 aromatic rings. The molecule has 19 heavy (non-hydrogen) atoms. The summed E-state index contributed by atoms with van der Waals surface area (Å²) in [6, 6.07) is -0.195. The molecule has 5 heteroatoms. The molecule has 0 saturated carbocycles. The Morgan fingerprint density at radius 2 is 2.05 bits per heavy atom. The van der Waals surface area contributed by atoms with Crippen LogP contribution in [0.1, 0.15) is 26.7 Å². The van der Waals surface area contributed by atoms with E-state index >= 15 is 0 Å². The minimum atomic E-state index is -0.549. The Morgan fingerprint density at radius 1 is 1.47 bits per heavy atom. The van der Waals surface area contributed by atoms with Gasteiger partial charge in [-0.25, -0.2) is 0 Å². The summed E-state index contributed by atoms with van der Waals surface area (Å²) in [6.45, 7) is 6.60. The van der Waals surface area contributed by atoms with Gasteiger partial charge in [0.25, 0.3) is 0 Å². The van der Waals surface area contributed by atoms with Gasteiger partial charge in [0.05, 0.1) is 18.8 Å². The fourth-order valence-corrected chi connectivity index (χ4v) is 2.42. The van der Waals surface area contributed by atoms with E-state index in [1.807, 2.05) is 23.8 Å². The standard InChI is InChI=1S/C14H28N2O3/c1-11-5-7-16(8-6-11)14(18)12(2)15(3)9-13(17)10-19-4/h11-13,17H,5-10H2,1-4H3/t12-,13+/m0/s1. The van der Waals surface area contributed by atoms with Crippen molar-refractivity contribution < 1.29 is 14.6 Å². The van der Waals surface area contributed by atoms with Crippen molar-refractivity contribution in [1.29, 1.82) is 0 Å². The van der Waals surface area contributed by atoms with Crippen LogP contribution < -0.4 is 0 Å². The van der Waals surface area contributed by atoms with Crippen LogP contribution >= 0.6 is 0 Å². The smallest absolute Gasteiger partial charge is 0.239 e. The highest BCUT2D eigenvalue weighted by Crippen LogP contribution is 2.17. The summed E-state index contributed by atoms with van der Waals surface area (Å²) in [5.41, 5.74) is 0. The number of hydrogen-bond donors (Lipinski definition) is 1. The molecule has 1 aliphatic heterocycles. The second kappa shape index (κ2) is 7.82. The fourth-order valence-electron chi connectivity index (χ4n) is 2.42. The van der Waals surface area contributed by atoms with Crippen LogP contribution in [-0.2, 0) is 9.53 Å². The third-order valence-electron chi connectivity index (χ3n) is 3.97. The van der Waals surface area contributed by atoms with Crippen LogP contribution in [0.3, 0.4) is 0 Å². The number of piperidine rings is 1. The maximum absolute atomic E-state index is 12.4. The van der Waals surface area contributed by atoms with E-state index < -0.39 is 6.10 Å². The first-order chi connectivity index (χ1) is 8.95. The number of hydrogen-bond acceptors (Lipinski definition) is 4. The number of nitrogens with zero attached hydrogens (tertiary/aromatic N) is 2. The number of likely N-dealkylation sites (tertiary alicyclic amines) is 1. The average Bonchev–Trinajstić information content (AvgIpc) is 2.38. The van der Waals surface area contributed by atoms with Crippen molar-refractivity contribution in [3.8, 4) is 0 Å². The molecule has 0 aromatic heterocycles. The highest BCUT2D eigenvalue weighted by molar-refractivity contribution is 5.81. The van der Waals surface area contributed by atoms with Crippen LogP contribution in [-0.4, -0.2) is 73.4 Å². The summed E-state index contributed by atoms with van der Waals surface area (Å²) in [6.07, 6.45) is 1.63. The molecular formula is C14H28N2O3. The van der Waals surface area contributed by atoms with Crippen molar-refractivity contribution in [3.05, 3.63) is 0 Å². The monoisotopic (exact) mass is 272 g/mol. The van der Waals surface area contributed by atoms with Crippen LogP contribution in [0, 0.1) is 5.92 Å². The first-order valence-electron chi connectivity index (χ1n) is 7.11. The SMILES string of the molecule is COC[C@H](O)CN(C)[C@@H](C)C(=O)N1CCC(C)CC1. The zero-order valence-electron chi connectivity index (χ0n) is 12.6. The Balaban J connectivity index is 2.42. The molecule has 1 N–H and O–H groups in total. The molecular weight excluding hydrogens is 244 g/mol. The van der Waals surface area contributed by atoms with Gasteiger partial charge in [0.15, 0.2) is 0 Å². The Morgan fingerprint density at radius 3 is 2.58 bits per heavy atom. The predicted molar refractivity (Wildman–Crippen MR) is 75.0 cm³/mol. The Kier molecular flexibility index (Phi) is 6.75. The second-order valence-electron chi connectivity index (χ2n) is 5.73. The van der Waals surface area contributed by atoms with Gasteiger partial charge < -0.3 is 14.7 Å². The van der Waals surface area contributed by atoms with Gasteiger partial charge >= 0.3 is 0 Å². The van der Waals surface area contributed by atoms with Crippen LogP contribution in [0.25, 0.3) is 0 Å². The molecule has 0 bridgehead atoms. The average molecular weight is 272 g/mol. The van der Waals surface area contributed by atoms with E-state index in [2.05, 4.69) is 6.92 Å². The van der Waals surface area contributed by atoms with Gasteiger partial charge in [0.1, 0.15) is 0 Å². The highest BCUT2D eigenvalue weighted by atomic mass is 16.5. The van der Waals surface area contributed by atoms with Gasteiger partial charge in [-0.1, -0.05) is 6.92 Å². The lowest BCUT2D eigenvalue weighted by Crippen LogP contribution is -2.50. The molecule has 5 nitrogen and oxygen atoms in total. The third-order valence-corrected chi connectivity index (χ3v) is 3.97. The number of aliphatic hydroxyl groups is 1. The zero-order valence-corrected chi connectivity index (χ0v) is 12.6. The molecule has 0 unspecified atom stereocenters. The summed E-state index contributed by atoms with van der Waals surface area (Å²) < 4.78 is 4.90. The van der Waals surface area contributed by atoms with Gasteiger partial charge in [-0.2, -0.15) is 0 Å². The van der Waals surface area contributed by atoms with E-state index in [0.717, 1.165) is 31.8 Å². The van der Waals surface area contributed by atoms with E-state index in [4.69, 9.17) is 4.74 Å². The number of aliphatic hydroxyl groups excluding tert-OH is 1. The van der Waals surface area contributed by atoms with Crippen molar-refractivity contribution in [2.45, 2.75) is 38.8 Å². The fraction of sp³-hybridized carbons (Fsp3) is 0.929. The largest absolute Gasteiger partial charge is 0.389 e. The maximum Gasteiger partial charge on any atom is 0.239 e. The molecule has 1 aliphatic rings. The quantitative estimate of drug-likeness (QED) is 0.768. The van der Waals surface area contributed by atoms with Crippen LogP contribution in [0.2, 0.25) is 0 Å². The van der Waals surface area contributed by atoms with E-state index in [9.17, 15) is 9.90 Å². The second-order valence-corrected chi connectivity index (χ2v) is 5.73. The van der Waals surface area contributed by atoms with E-state index in [-0.39, 0.29) is 11.9 Å². The van der Waals surface area contributed by atoms with Crippen molar-refractivity contribution in [2.75, 3.05) is 40.4 Å². The topological polar surface area (TPSA) is 53.0 Å². The van der Waals surface area contributed by atoms with Gasteiger partial charge in [0.2, 0.25) is 5.91 Å². The van der Waals surface area contributed by atoms with Crippen molar-refractivity contribution in [2.24, 2.45) is 5.92 Å². The maximum atomic E-state index is 12.4. The summed E-state index contributed by atoms with van der Waals surface area (Å²) in [5, 5.41) is 9.70. The molecule has 0 aromatic carbocycles. The van der Waals surface area contributed by atoms with E-state index in [1.165, 1.54) is 0 Å². The molecule has 0 spiro atoms. The lowest BCUT2D eigenvalue weighted by Gasteiger charge is -2.35. The van der Waals surface area contributed by atoms with E-state index in [0.29, 0.717) is 13.2 Å². The highest BCUT2D eigenvalue weighted by Gasteiger charge is 2.27. The van der Waals surface area contributed by atoms with Crippen molar-refractivity contribution >= 4 is 5.91 Å². The number of methoxy groups -OCH3 is 1. The zero-order chi connectivity index (χ0) is 14.4. The summed E-state index contributed by atoms with van der Waals surface area (Å²) >= 11 is 0. The number of likely N-dealkylation sites (N-methyl/N-ethyl adjacent to an activating group) is 1. The van der Waals surface area contributed by atoms with Crippen LogP contribution in [0.4, 0.5) is 0 Å². The Hall–Kier alpha value is -0.650. The minimum Gasteiger partial charge on any atom is -0.389 e. The molecule has 1 heterocycles. The van der Waals surface area contributed by atoms with Crippen LogP contribution in [0.5, 0.6) is 0 Å². The van der Waals surface area contributed by atoms with Crippen molar-refractivity contribution in [3.63, 3.8) is 0 Å². The van der Waals surface area contributed by atoms with Gasteiger partial charge in [-0.3, -0.25) is 9.69 Å². The van der Waals surface area contributed by atoms with Gasteiger partial charge in [-0.15, -0.1) is 0 Å². The molecule has 112 valence electrons. The number of rotatable bonds is 6. The molecule has 0 radical (unpaired) electrons. The summed E-state index contributed by atoms with van der Waals surface area (Å²) in [5.74, 6) is 0.889. The molecule has 1 rings (SSSR count). The number of carbonyl (C=O) groups is 1. The van der Waals surface area contributed by atoms with Crippen LogP contribution in [0.15, 0.2) is 0 Å². The third kappa shape index (κ3) is 5.09. The van der Waals surface area contributed by atoms with E-state index in [1.54, 1.807) is 7.11 Å². The number of amides is 1. The summed E-state index contributed by atoms with van der Waals surface area (Å²) in [4.78, 5) is 16.2. The molecule has 1 saturated heterocycles. The predicted octanol–water partition coefficient (Wildman–Crippen LogP) is 0.573.